The van der Waals surface area contributed by atoms with Crippen molar-refractivity contribution in [3.05, 3.63) is 59.7 Å². The molecule has 0 saturated carbocycles. The van der Waals surface area contributed by atoms with Crippen molar-refractivity contribution in [2.75, 3.05) is 31.1 Å². The van der Waals surface area contributed by atoms with Gasteiger partial charge < -0.3 is 15.0 Å². The van der Waals surface area contributed by atoms with Gasteiger partial charge in [-0.3, -0.25) is 0 Å². The SMILES string of the molecule is NS(=O)(=O)c1ccccc1N1CCNCC1CCC1OCCc2ccccc21. The van der Waals surface area contributed by atoms with Crippen LogP contribution in [0.3, 0.4) is 0 Å². The van der Waals surface area contributed by atoms with Crippen LogP contribution in [0.1, 0.15) is 30.1 Å². The number of benzene rings is 2. The van der Waals surface area contributed by atoms with Gasteiger partial charge in [0.15, 0.2) is 0 Å². The summed E-state index contributed by atoms with van der Waals surface area (Å²) in [6.45, 7) is 3.13. The van der Waals surface area contributed by atoms with Crippen molar-refractivity contribution < 1.29 is 13.2 Å². The summed E-state index contributed by atoms with van der Waals surface area (Å²) in [5.74, 6) is 0. The van der Waals surface area contributed by atoms with E-state index in [0.717, 1.165) is 45.5 Å². The number of nitrogens with one attached hydrogen (secondary N) is 1. The minimum absolute atomic E-state index is 0.0993. The van der Waals surface area contributed by atoms with Gasteiger partial charge in [-0.05, 0) is 42.5 Å². The molecule has 0 radical (unpaired) electrons. The smallest absolute Gasteiger partial charge is 0.240 e. The Morgan fingerprint density at radius 2 is 1.89 bits per heavy atom. The van der Waals surface area contributed by atoms with E-state index >= 15 is 0 Å². The van der Waals surface area contributed by atoms with Gasteiger partial charge in [0.2, 0.25) is 10.0 Å². The van der Waals surface area contributed by atoms with Crippen molar-refractivity contribution in [1.82, 2.24) is 5.32 Å². The Morgan fingerprint density at radius 1 is 1.11 bits per heavy atom. The van der Waals surface area contributed by atoms with Crippen molar-refractivity contribution >= 4 is 15.7 Å². The lowest BCUT2D eigenvalue weighted by atomic mass is 9.93. The van der Waals surface area contributed by atoms with Crippen molar-refractivity contribution in [3.63, 3.8) is 0 Å². The fourth-order valence-corrected chi connectivity index (χ4v) is 5.08. The number of fused-ring (bicyclic) bond motifs is 1. The fourth-order valence-electron chi connectivity index (χ4n) is 4.33. The van der Waals surface area contributed by atoms with Crippen LogP contribution >= 0.6 is 0 Å². The molecule has 2 aliphatic heterocycles. The number of primary sulfonamides is 1. The number of sulfonamides is 1. The minimum atomic E-state index is -3.77. The summed E-state index contributed by atoms with van der Waals surface area (Å²) in [6.07, 6.45) is 2.87. The normalized spacial score (nSPS) is 22.7. The van der Waals surface area contributed by atoms with Gasteiger partial charge in [-0.15, -0.1) is 0 Å². The minimum Gasteiger partial charge on any atom is -0.373 e. The maximum Gasteiger partial charge on any atom is 0.240 e. The zero-order valence-electron chi connectivity index (χ0n) is 15.9. The highest BCUT2D eigenvalue weighted by molar-refractivity contribution is 7.89. The third-order valence-electron chi connectivity index (χ3n) is 5.69. The number of piperazine rings is 1. The van der Waals surface area contributed by atoms with E-state index in [2.05, 4.69) is 34.5 Å². The van der Waals surface area contributed by atoms with Crippen LogP contribution in [-0.2, 0) is 21.2 Å². The quantitative estimate of drug-likeness (QED) is 0.802. The second-order valence-corrected chi connectivity index (χ2v) is 8.98. The summed E-state index contributed by atoms with van der Waals surface area (Å²) in [5, 5.41) is 8.90. The third kappa shape index (κ3) is 4.07. The van der Waals surface area contributed by atoms with E-state index in [0.29, 0.717) is 5.69 Å². The van der Waals surface area contributed by atoms with Crippen molar-refractivity contribution in [1.29, 1.82) is 0 Å². The molecule has 2 unspecified atom stereocenters. The first-order chi connectivity index (χ1) is 13.5. The number of nitrogens with two attached hydrogens (primary N) is 1. The van der Waals surface area contributed by atoms with E-state index < -0.39 is 10.0 Å². The number of para-hydroxylation sites is 1. The van der Waals surface area contributed by atoms with Crippen molar-refractivity contribution in [2.45, 2.75) is 36.3 Å². The second kappa shape index (κ2) is 8.21. The van der Waals surface area contributed by atoms with Gasteiger partial charge in [0.05, 0.1) is 18.4 Å². The molecule has 2 aromatic rings. The molecule has 2 heterocycles. The van der Waals surface area contributed by atoms with E-state index in [4.69, 9.17) is 9.88 Å². The van der Waals surface area contributed by atoms with Crippen LogP contribution in [0.2, 0.25) is 0 Å². The van der Waals surface area contributed by atoms with Gasteiger partial charge in [0, 0.05) is 25.7 Å². The first-order valence-electron chi connectivity index (χ1n) is 9.82. The molecule has 28 heavy (non-hydrogen) atoms. The molecule has 0 spiro atoms. The molecule has 0 aromatic heterocycles. The summed E-state index contributed by atoms with van der Waals surface area (Å²) in [5.41, 5.74) is 3.35. The van der Waals surface area contributed by atoms with Crippen LogP contribution < -0.4 is 15.4 Å². The first-order valence-corrected chi connectivity index (χ1v) is 11.4. The Labute approximate surface area is 166 Å². The van der Waals surface area contributed by atoms with E-state index in [1.54, 1.807) is 12.1 Å². The Bertz CT molecular complexity index is 932. The number of hydrogen-bond acceptors (Lipinski definition) is 5. The third-order valence-corrected chi connectivity index (χ3v) is 6.64. The van der Waals surface area contributed by atoms with Crippen LogP contribution in [0, 0.1) is 0 Å². The van der Waals surface area contributed by atoms with Gasteiger partial charge in [0.25, 0.3) is 0 Å². The summed E-state index contributed by atoms with van der Waals surface area (Å²) in [7, 11) is -3.77. The van der Waals surface area contributed by atoms with Crippen LogP contribution in [0.5, 0.6) is 0 Å². The predicted molar refractivity (Wildman–Crippen MR) is 110 cm³/mol. The molecule has 0 bridgehead atoms. The lowest BCUT2D eigenvalue weighted by Crippen LogP contribution is -2.52. The molecular weight excluding hydrogens is 374 g/mol. The number of hydrogen-bond donors (Lipinski definition) is 2. The lowest BCUT2D eigenvalue weighted by molar-refractivity contribution is 0.0337. The van der Waals surface area contributed by atoms with Gasteiger partial charge in [0.1, 0.15) is 4.90 Å². The standard InChI is InChI=1S/C21H27N3O3S/c22-28(25,26)21-8-4-3-7-19(21)24-13-12-23-15-17(24)9-10-20-18-6-2-1-5-16(18)11-14-27-20/h1-8,17,20,23H,9-15H2,(H2,22,25,26). The van der Waals surface area contributed by atoms with Crippen LogP contribution in [0.25, 0.3) is 0 Å². The lowest BCUT2D eigenvalue weighted by Gasteiger charge is -2.39. The predicted octanol–water partition coefficient (Wildman–Crippen LogP) is 2.21. The zero-order valence-corrected chi connectivity index (χ0v) is 16.7. The van der Waals surface area contributed by atoms with Gasteiger partial charge >= 0.3 is 0 Å². The molecule has 2 aromatic carbocycles. The molecule has 1 saturated heterocycles. The number of rotatable bonds is 5. The number of ether oxygens (including phenoxy) is 1. The Kier molecular flexibility index (Phi) is 5.68. The Morgan fingerprint density at radius 3 is 2.75 bits per heavy atom. The second-order valence-electron chi connectivity index (χ2n) is 7.45. The van der Waals surface area contributed by atoms with Gasteiger partial charge in [-0.1, -0.05) is 36.4 Å². The van der Waals surface area contributed by atoms with E-state index in [9.17, 15) is 8.42 Å². The summed E-state index contributed by atoms with van der Waals surface area (Å²) in [6, 6.07) is 15.7. The molecular formula is C21H27N3O3S. The molecule has 7 heteroatoms. The largest absolute Gasteiger partial charge is 0.373 e. The fraction of sp³-hybridized carbons (Fsp3) is 0.429. The summed E-state index contributed by atoms with van der Waals surface area (Å²) >= 11 is 0. The van der Waals surface area contributed by atoms with Crippen LogP contribution in [-0.4, -0.2) is 40.7 Å². The monoisotopic (exact) mass is 401 g/mol. The molecule has 4 rings (SSSR count). The van der Waals surface area contributed by atoms with Gasteiger partial charge in [-0.25, -0.2) is 13.6 Å². The topological polar surface area (TPSA) is 84.7 Å². The zero-order chi connectivity index (χ0) is 19.6. The number of nitrogens with zero attached hydrogens (tertiary/aromatic N) is 1. The van der Waals surface area contributed by atoms with Crippen molar-refractivity contribution in [3.8, 4) is 0 Å². The molecule has 2 aliphatic rings. The summed E-state index contributed by atoms with van der Waals surface area (Å²) < 4.78 is 30.2. The van der Waals surface area contributed by atoms with Crippen LogP contribution in [0.15, 0.2) is 53.4 Å². The highest BCUT2D eigenvalue weighted by Gasteiger charge is 2.28. The van der Waals surface area contributed by atoms with E-state index in [1.165, 1.54) is 11.1 Å². The average molecular weight is 402 g/mol. The molecule has 1 fully saturated rings. The number of anilines is 1. The highest BCUT2D eigenvalue weighted by atomic mass is 32.2. The molecule has 150 valence electrons. The maximum atomic E-state index is 12.1. The first kappa shape index (κ1) is 19.4. The molecule has 2 atom stereocenters. The maximum absolute atomic E-state index is 12.1. The molecule has 0 amide bonds. The van der Waals surface area contributed by atoms with Crippen molar-refractivity contribution in [2.24, 2.45) is 5.14 Å². The molecule has 3 N–H and O–H groups in total. The molecule has 6 nitrogen and oxygen atoms in total. The Hall–Kier alpha value is -1.93. The summed E-state index contributed by atoms with van der Waals surface area (Å²) in [4.78, 5) is 2.38. The van der Waals surface area contributed by atoms with Gasteiger partial charge in [-0.2, -0.15) is 0 Å². The van der Waals surface area contributed by atoms with Crippen LogP contribution in [0.4, 0.5) is 5.69 Å². The van der Waals surface area contributed by atoms with E-state index in [-0.39, 0.29) is 17.0 Å². The highest BCUT2D eigenvalue weighted by Crippen LogP contribution is 2.33. The molecule has 0 aliphatic carbocycles. The van der Waals surface area contributed by atoms with E-state index in [1.807, 2.05) is 12.1 Å². The average Bonchev–Trinajstić information content (AvgIpc) is 2.72. The Balaban J connectivity index is 1.54.